The van der Waals surface area contributed by atoms with Gasteiger partial charge in [-0.3, -0.25) is 29.6 Å². The van der Waals surface area contributed by atoms with Crippen LogP contribution in [0.15, 0.2) is 18.5 Å². The van der Waals surface area contributed by atoms with Crippen LogP contribution in [0.5, 0.6) is 0 Å². The van der Waals surface area contributed by atoms with Crippen molar-refractivity contribution < 1.29 is 14.5 Å². The molecule has 0 aromatic carbocycles. The van der Waals surface area contributed by atoms with Crippen LogP contribution in [0.2, 0.25) is 0 Å². The Morgan fingerprint density at radius 3 is 2.95 bits per heavy atom. The van der Waals surface area contributed by atoms with E-state index in [1.807, 2.05) is 0 Å². The Kier molecular flexibility index (Phi) is 3.41. The number of carbonyl (C=O) groups is 2. The van der Waals surface area contributed by atoms with E-state index < -0.39 is 11.0 Å². The molecule has 1 aromatic heterocycles. The molecule has 0 saturated carbocycles. The maximum absolute atomic E-state index is 11.9. The van der Waals surface area contributed by atoms with Gasteiger partial charge in [0.25, 0.3) is 5.91 Å². The summed E-state index contributed by atoms with van der Waals surface area (Å²) in [6, 6.07) is 0.797. The van der Waals surface area contributed by atoms with Gasteiger partial charge in [-0.2, -0.15) is 0 Å². The fraction of sp³-hybridized carbons (Fsp3) is 0.364. The zero-order valence-electron chi connectivity index (χ0n) is 10.2. The molecule has 8 heteroatoms. The number of anilines is 1. The van der Waals surface area contributed by atoms with Crippen molar-refractivity contribution in [1.29, 1.82) is 0 Å². The average molecular weight is 264 g/mol. The summed E-state index contributed by atoms with van der Waals surface area (Å²) in [5, 5.41) is 13.6. The van der Waals surface area contributed by atoms with E-state index in [2.05, 4.69) is 10.3 Å². The number of rotatable bonds is 3. The van der Waals surface area contributed by atoms with E-state index in [4.69, 9.17) is 0 Å². The second-order valence-corrected chi connectivity index (χ2v) is 4.18. The van der Waals surface area contributed by atoms with Gasteiger partial charge in [0.1, 0.15) is 17.9 Å². The van der Waals surface area contributed by atoms with E-state index in [1.165, 1.54) is 19.3 Å². The van der Waals surface area contributed by atoms with Gasteiger partial charge in [-0.15, -0.1) is 0 Å². The zero-order valence-corrected chi connectivity index (χ0v) is 10.2. The molecule has 1 aliphatic rings. The van der Waals surface area contributed by atoms with E-state index in [0.717, 1.165) is 11.1 Å². The number of amides is 2. The number of piperidine rings is 1. The van der Waals surface area contributed by atoms with Crippen LogP contribution in [-0.2, 0) is 9.59 Å². The molecule has 2 rings (SSSR count). The first-order valence-electron chi connectivity index (χ1n) is 5.66. The maximum Gasteiger partial charge on any atom is 0.310 e. The molecule has 19 heavy (non-hydrogen) atoms. The molecule has 0 radical (unpaired) electrons. The van der Waals surface area contributed by atoms with Crippen molar-refractivity contribution in [1.82, 2.24) is 9.88 Å². The Labute approximate surface area is 108 Å². The summed E-state index contributed by atoms with van der Waals surface area (Å²) in [5.74, 6) is -0.630. The molecule has 2 amide bonds. The van der Waals surface area contributed by atoms with Crippen molar-refractivity contribution in [3.05, 3.63) is 28.6 Å². The minimum atomic E-state index is -0.635. The van der Waals surface area contributed by atoms with E-state index >= 15 is 0 Å². The van der Waals surface area contributed by atoms with Crippen LogP contribution in [0.1, 0.15) is 12.8 Å². The first-order chi connectivity index (χ1) is 9.00. The lowest BCUT2D eigenvalue weighted by molar-refractivity contribution is -0.384. The number of imide groups is 1. The lowest BCUT2D eigenvalue weighted by Gasteiger charge is -2.28. The molecule has 1 unspecified atom stereocenters. The largest absolute Gasteiger partial charge is 0.368 e. The minimum absolute atomic E-state index is 0.199. The molecule has 8 nitrogen and oxygen atoms in total. The van der Waals surface area contributed by atoms with Crippen molar-refractivity contribution >= 4 is 23.2 Å². The van der Waals surface area contributed by atoms with Crippen molar-refractivity contribution in [2.75, 3.05) is 12.4 Å². The van der Waals surface area contributed by atoms with Gasteiger partial charge in [0, 0.05) is 19.7 Å². The van der Waals surface area contributed by atoms with Gasteiger partial charge < -0.3 is 5.32 Å². The number of likely N-dealkylation sites (tertiary alicyclic amines) is 1. The molecule has 1 N–H and O–H groups in total. The lowest BCUT2D eigenvalue weighted by atomic mass is 10.0. The molecule has 2 heterocycles. The van der Waals surface area contributed by atoms with Crippen LogP contribution in [0.4, 0.5) is 11.4 Å². The monoisotopic (exact) mass is 264 g/mol. The number of aromatic nitrogens is 1. The van der Waals surface area contributed by atoms with Crippen LogP contribution in [0.25, 0.3) is 0 Å². The number of nitrogens with one attached hydrogen (secondary N) is 1. The third-order valence-corrected chi connectivity index (χ3v) is 2.98. The summed E-state index contributed by atoms with van der Waals surface area (Å²) in [6.07, 6.45) is 3.07. The van der Waals surface area contributed by atoms with Crippen LogP contribution >= 0.6 is 0 Å². The Balaban J connectivity index is 2.20. The fourth-order valence-electron chi connectivity index (χ4n) is 1.89. The molecule has 1 aromatic rings. The fourth-order valence-corrected chi connectivity index (χ4v) is 1.89. The average Bonchev–Trinajstić information content (AvgIpc) is 2.40. The third kappa shape index (κ3) is 2.51. The maximum atomic E-state index is 11.9. The van der Waals surface area contributed by atoms with Gasteiger partial charge in [0.05, 0.1) is 4.92 Å². The zero-order chi connectivity index (χ0) is 14.0. The quantitative estimate of drug-likeness (QED) is 0.485. The van der Waals surface area contributed by atoms with Crippen molar-refractivity contribution in [2.45, 2.75) is 18.9 Å². The molecule has 1 aliphatic heterocycles. The van der Waals surface area contributed by atoms with Crippen molar-refractivity contribution in [3.63, 3.8) is 0 Å². The van der Waals surface area contributed by atoms with Gasteiger partial charge in [-0.1, -0.05) is 0 Å². The molecule has 0 aliphatic carbocycles. The standard InChI is InChI=1S/C11H12N4O4/c1-14-10(16)3-2-8(11(14)17)13-7-4-5-12-6-9(7)15(18)19/h4-6,8H,2-3H2,1H3,(H,12,13). The highest BCUT2D eigenvalue weighted by molar-refractivity contribution is 6.01. The molecule has 100 valence electrons. The molecule has 1 atom stereocenters. The van der Waals surface area contributed by atoms with Gasteiger partial charge >= 0.3 is 5.69 Å². The van der Waals surface area contributed by atoms with Gasteiger partial charge in [0.2, 0.25) is 5.91 Å². The molecule has 1 fully saturated rings. The number of hydrogen-bond donors (Lipinski definition) is 1. The highest BCUT2D eigenvalue weighted by Gasteiger charge is 2.32. The highest BCUT2D eigenvalue weighted by atomic mass is 16.6. The summed E-state index contributed by atoms with van der Waals surface area (Å²) >= 11 is 0. The Bertz CT molecular complexity index is 545. The van der Waals surface area contributed by atoms with Gasteiger partial charge in [-0.25, -0.2) is 0 Å². The summed E-state index contributed by atoms with van der Waals surface area (Å²) < 4.78 is 0. The topological polar surface area (TPSA) is 105 Å². The normalized spacial score (nSPS) is 19.4. The summed E-state index contributed by atoms with van der Waals surface area (Å²) in [6.45, 7) is 0. The summed E-state index contributed by atoms with van der Waals surface area (Å²) in [7, 11) is 1.40. The van der Waals surface area contributed by atoms with E-state index in [1.54, 1.807) is 0 Å². The lowest BCUT2D eigenvalue weighted by Crippen LogP contribution is -2.48. The molecule has 0 spiro atoms. The number of nitrogens with zero attached hydrogens (tertiary/aromatic N) is 3. The highest BCUT2D eigenvalue weighted by Crippen LogP contribution is 2.25. The number of likely N-dealkylation sites (N-methyl/N-ethyl adjacent to an activating group) is 1. The second-order valence-electron chi connectivity index (χ2n) is 4.18. The Hall–Kier alpha value is -2.51. The predicted molar refractivity (Wildman–Crippen MR) is 65.3 cm³/mol. The number of carbonyl (C=O) groups excluding carboxylic acids is 2. The molecular formula is C11H12N4O4. The van der Waals surface area contributed by atoms with Crippen molar-refractivity contribution in [3.8, 4) is 0 Å². The van der Waals surface area contributed by atoms with Crippen molar-refractivity contribution in [2.24, 2.45) is 0 Å². The van der Waals surface area contributed by atoms with Crippen LogP contribution in [0.3, 0.4) is 0 Å². The predicted octanol–water partition coefficient (Wildman–Crippen LogP) is 0.549. The first-order valence-corrected chi connectivity index (χ1v) is 5.66. The van der Waals surface area contributed by atoms with Crippen LogP contribution < -0.4 is 5.32 Å². The van der Waals surface area contributed by atoms with E-state index in [9.17, 15) is 19.7 Å². The smallest absolute Gasteiger partial charge is 0.310 e. The van der Waals surface area contributed by atoms with Gasteiger partial charge in [0.15, 0.2) is 0 Å². The molecular weight excluding hydrogens is 252 g/mol. The number of pyridine rings is 1. The third-order valence-electron chi connectivity index (χ3n) is 2.98. The van der Waals surface area contributed by atoms with Crippen LogP contribution in [-0.4, -0.2) is 39.7 Å². The number of nitro groups is 1. The second kappa shape index (κ2) is 5.01. The molecule has 1 saturated heterocycles. The first kappa shape index (κ1) is 12.9. The minimum Gasteiger partial charge on any atom is -0.368 e. The van der Waals surface area contributed by atoms with Gasteiger partial charge in [-0.05, 0) is 12.5 Å². The van der Waals surface area contributed by atoms with E-state index in [0.29, 0.717) is 6.42 Å². The summed E-state index contributed by atoms with van der Waals surface area (Å²) in [5.41, 5.74) is 0.0240. The SMILES string of the molecule is CN1C(=O)CCC(Nc2ccncc2[N+](=O)[O-])C1=O. The number of hydrogen-bond acceptors (Lipinski definition) is 6. The summed E-state index contributed by atoms with van der Waals surface area (Å²) in [4.78, 5) is 38.2. The Morgan fingerprint density at radius 1 is 1.53 bits per heavy atom. The van der Waals surface area contributed by atoms with Crippen LogP contribution in [0, 0.1) is 10.1 Å². The van der Waals surface area contributed by atoms with E-state index in [-0.39, 0.29) is 29.6 Å². The molecule has 0 bridgehead atoms. The Morgan fingerprint density at radius 2 is 2.26 bits per heavy atom.